The molecule has 2 rings (SSSR count). The van der Waals surface area contributed by atoms with Gasteiger partial charge in [-0.05, 0) is 43.4 Å². The molecule has 0 saturated heterocycles. The van der Waals surface area contributed by atoms with Crippen LogP contribution in [0.2, 0.25) is 0 Å². The molecule has 0 heterocycles. The number of hydrogen-bond acceptors (Lipinski definition) is 3. The zero-order chi connectivity index (χ0) is 15.8. The van der Waals surface area contributed by atoms with Crippen LogP contribution in [0.5, 0.6) is 0 Å². The third-order valence-electron chi connectivity index (χ3n) is 3.63. The van der Waals surface area contributed by atoms with Crippen molar-refractivity contribution in [2.24, 2.45) is 11.7 Å². The maximum Gasteiger partial charge on any atom is 0.243 e. The Labute approximate surface area is 126 Å². The number of hydrogen-bond donors (Lipinski definition) is 1. The standard InChI is InChI=1S/C15H23FN2O2S/c1-10(2)9-18(13-4-5-13)21(19,20)14-6-11(3)15(16)12(7-14)8-17/h6-7,10,13H,4-5,8-9,17H2,1-3H3. The molecule has 2 N–H and O–H groups in total. The minimum atomic E-state index is -3.59. The molecule has 0 amide bonds. The molecule has 0 aliphatic heterocycles. The van der Waals surface area contributed by atoms with E-state index in [-0.39, 0.29) is 29.0 Å². The summed E-state index contributed by atoms with van der Waals surface area (Å²) in [6.07, 6.45) is 1.80. The van der Waals surface area contributed by atoms with Gasteiger partial charge in [0.2, 0.25) is 10.0 Å². The number of benzene rings is 1. The number of rotatable bonds is 6. The van der Waals surface area contributed by atoms with E-state index >= 15 is 0 Å². The van der Waals surface area contributed by atoms with Crippen molar-refractivity contribution in [3.8, 4) is 0 Å². The van der Waals surface area contributed by atoms with E-state index in [1.807, 2.05) is 13.8 Å². The summed E-state index contributed by atoms with van der Waals surface area (Å²) in [5, 5.41) is 0. The van der Waals surface area contributed by atoms with Crippen LogP contribution in [0.1, 0.15) is 37.8 Å². The second-order valence-electron chi connectivity index (χ2n) is 6.12. The van der Waals surface area contributed by atoms with Crippen molar-refractivity contribution < 1.29 is 12.8 Å². The smallest absolute Gasteiger partial charge is 0.243 e. The Balaban J connectivity index is 2.44. The minimum absolute atomic E-state index is 0.0103. The molecule has 0 spiro atoms. The molecule has 1 aromatic rings. The summed E-state index contributed by atoms with van der Waals surface area (Å²) in [5.41, 5.74) is 6.07. The first-order chi connectivity index (χ1) is 9.77. The lowest BCUT2D eigenvalue weighted by atomic mass is 10.1. The second-order valence-corrected chi connectivity index (χ2v) is 8.01. The van der Waals surface area contributed by atoms with Crippen LogP contribution in [0, 0.1) is 18.7 Å². The molecule has 21 heavy (non-hydrogen) atoms. The van der Waals surface area contributed by atoms with Gasteiger partial charge < -0.3 is 5.73 Å². The molecular weight excluding hydrogens is 291 g/mol. The molecule has 0 radical (unpaired) electrons. The summed E-state index contributed by atoms with van der Waals surface area (Å²) < 4.78 is 41.1. The Morgan fingerprint density at radius 1 is 1.38 bits per heavy atom. The zero-order valence-electron chi connectivity index (χ0n) is 12.8. The predicted molar refractivity (Wildman–Crippen MR) is 80.8 cm³/mol. The Morgan fingerprint density at radius 2 is 2.00 bits per heavy atom. The number of nitrogens with two attached hydrogens (primary N) is 1. The first-order valence-electron chi connectivity index (χ1n) is 7.28. The molecule has 0 unspecified atom stereocenters. The summed E-state index contributed by atoms with van der Waals surface area (Å²) in [7, 11) is -3.59. The molecule has 6 heteroatoms. The molecule has 118 valence electrons. The molecule has 1 saturated carbocycles. The van der Waals surface area contributed by atoms with E-state index in [0.29, 0.717) is 12.1 Å². The fourth-order valence-corrected chi connectivity index (χ4v) is 4.39. The van der Waals surface area contributed by atoms with Crippen molar-refractivity contribution in [1.29, 1.82) is 0 Å². The number of halogens is 1. The first-order valence-corrected chi connectivity index (χ1v) is 8.72. The Hall–Kier alpha value is -0.980. The summed E-state index contributed by atoms with van der Waals surface area (Å²) in [6, 6.07) is 2.86. The van der Waals surface area contributed by atoms with Gasteiger partial charge in [-0.3, -0.25) is 0 Å². The van der Waals surface area contributed by atoms with Gasteiger partial charge in [0.25, 0.3) is 0 Å². The van der Waals surface area contributed by atoms with Crippen LogP contribution in [-0.4, -0.2) is 25.3 Å². The van der Waals surface area contributed by atoms with Gasteiger partial charge >= 0.3 is 0 Å². The topological polar surface area (TPSA) is 63.4 Å². The van der Waals surface area contributed by atoms with Gasteiger partial charge in [-0.25, -0.2) is 12.8 Å². The van der Waals surface area contributed by atoms with E-state index in [1.54, 1.807) is 11.2 Å². The Morgan fingerprint density at radius 3 is 2.48 bits per heavy atom. The van der Waals surface area contributed by atoms with Crippen LogP contribution in [-0.2, 0) is 16.6 Å². The van der Waals surface area contributed by atoms with Gasteiger partial charge in [0.05, 0.1) is 4.90 Å². The van der Waals surface area contributed by atoms with E-state index in [1.165, 1.54) is 12.1 Å². The molecule has 4 nitrogen and oxygen atoms in total. The molecule has 1 aliphatic carbocycles. The van der Waals surface area contributed by atoms with Crippen molar-refractivity contribution in [1.82, 2.24) is 4.31 Å². The SMILES string of the molecule is Cc1cc(S(=O)(=O)N(CC(C)C)C2CC2)cc(CN)c1F. The highest BCUT2D eigenvalue weighted by Gasteiger charge is 2.38. The highest BCUT2D eigenvalue weighted by Crippen LogP contribution is 2.33. The number of sulfonamides is 1. The van der Waals surface area contributed by atoms with E-state index in [9.17, 15) is 12.8 Å². The zero-order valence-corrected chi connectivity index (χ0v) is 13.6. The molecule has 1 fully saturated rings. The molecule has 0 bridgehead atoms. The molecular formula is C15H23FN2O2S. The lowest BCUT2D eigenvalue weighted by Crippen LogP contribution is -2.36. The summed E-state index contributed by atoms with van der Waals surface area (Å²) in [5.74, 6) is -0.172. The highest BCUT2D eigenvalue weighted by atomic mass is 32.2. The average molecular weight is 314 g/mol. The van der Waals surface area contributed by atoms with Crippen LogP contribution < -0.4 is 5.73 Å². The molecule has 0 atom stereocenters. The van der Waals surface area contributed by atoms with Crippen molar-refractivity contribution in [3.63, 3.8) is 0 Å². The van der Waals surface area contributed by atoms with Crippen molar-refractivity contribution in [2.75, 3.05) is 6.54 Å². The van der Waals surface area contributed by atoms with Gasteiger partial charge in [0, 0.05) is 24.7 Å². The van der Waals surface area contributed by atoms with Gasteiger partial charge in [0.15, 0.2) is 0 Å². The van der Waals surface area contributed by atoms with Crippen LogP contribution in [0.3, 0.4) is 0 Å². The maximum atomic E-state index is 13.9. The summed E-state index contributed by atoms with van der Waals surface area (Å²) >= 11 is 0. The molecule has 1 aliphatic rings. The summed E-state index contributed by atoms with van der Waals surface area (Å²) in [6.45, 7) is 6.03. The summed E-state index contributed by atoms with van der Waals surface area (Å²) in [4.78, 5) is 0.148. The van der Waals surface area contributed by atoms with E-state index in [2.05, 4.69) is 0 Å². The van der Waals surface area contributed by atoms with Crippen LogP contribution in [0.15, 0.2) is 17.0 Å². The first kappa shape index (κ1) is 16.4. The minimum Gasteiger partial charge on any atom is -0.326 e. The normalized spacial score (nSPS) is 16.0. The maximum absolute atomic E-state index is 13.9. The van der Waals surface area contributed by atoms with Crippen molar-refractivity contribution >= 4 is 10.0 Å². The monoisotopic (exact) mass is 314 g/mol. The van der Waals surface area contributed by atoms with Gasteiger partial charge in [-0.15, -0.1) is 0 Å². The predicted octanol–water partition coefficient (Wildman–Crippen LogP) is 2.40. The average Bonchev–Trinajstić information content (AvgIpc) is 3.22. The fraction of sp³-hybridized carbons (Fsp3) is 0.600. The van der Waals surface area contributed by atoms with E-state index < -0.39 is 15.8 Å². The van der Waals surface area contributed by atoms with E-state index in [4.69, 9.17) is 5.73 Å². The third kappa shape index (κ3) is 3.44. The highest BCUT2D eigenvalue weighted by molar-refractivity contribution is 7.89. The third-order valence-corrected chi connectivity index (χ3v) is 5.53. The lowest BCUT2D eigenvalue weighted by Gasteiger charge is -2.24. The lowest BCUT2D eigenvalue weighted by molar-refractivity contribution is 0.360. The number of aryl methyl sites for hydroxylation is 1. The van der Waals surface area contributed by atoms with Crippen LogP contribution >= 0.6 is 0 Å². The molecule has 0 aromatic heterocycles. The number of nitrogens with zero attached hydrogens (tertiary/aromatic N) is 1. The molecule has 1 aromatic carbocycles. The van der Waals surface area contributed by atoms with Gasteiger partial charge in [-0.2, -0.15) is 4.31 Å². The Kier molecular flexibility index (Phi) is 4.70. The van der Waals surface area contributed by atoms with Gasteiger partial charge in [0.1, 0.15) is 5.82 Å². The van der Waals surface area contributed by atoms with Crippen LogP contribution in [0.4, 0.5) is 4.39 Å². The van der Waals surface area contributed by atoms with E-state index in [0.717, 1.165) is 12.8 Å². The Bertz CT molecular complexity index is 625. The van der Waals surface area contributed by atoms with Gasteiger partial charge in [-0.1, -0.05) is 13.8 Å². The van der Waals surface area contributed by atoms with Crippen molar-refractivity contribution in [2.45, 2.75) is 51.1 Å². The van der Waals surface area contributed by atoms with Crippen LogP contribution in [0.25, 0.3) is 0 Å². The fourth-order valence-electron chi connectivity index (χ4n) is 2.41. The van der Waals surface area contributed by atoms with Crippen molar-refractivity contribution in [3.05, 3.63) is 29.1 Å². The quantitative estimate of drug-likeness (QED) is 0.877. The largest absolute Gasteiger partial charge is 0.326 e. The second kappa shape index (κ2) is 6.02.